The quantitative estimate of drug-likeness (QED) is 0.863. The van der Waals surface area contributed by atoms with E-state index >= 15 is 0 Å². The predicted molar refractivity (Wildman–Crippen MR) is 105 cm³/mol. The fraction of sp³-hybridized carbons (Fsp3) is 0.429. The number of nitrogens with zero attached hydrogens (tertiary/aromatic N) is 1. The molecule has 0 amide bonds. The first-order chi connectivity index (χ1) is 12.9. The maximum Gasteiger partial charge on any atom is 0.264 e. The molecule has 1 heterocycles. The molecule has 6 heteroatoms. The molecule has 2 aromatic rings. The first-order valence-electron chi connectivity index (χ1n) is 9.53. The third kappa shape index (κ3) is 3.56. The summed E-state index contributed by atoms with van der Waals surface area (Å²) in [7, 11) is -3.69. The third-order valence-electron chi connectivity index (χ3n) is 5.43. The molecule has 0 radical (unpaired) electrons. The molecule has 1 atom stereocenters. The van der Waals surface area contributed by atoms with Crippen LogP contribution in [0.5, 0.6) is 5.75 Å². The van der Waals surface area contributed by atoms with Gasteiger partial charge in [0.2, 0.25) is 0 Å². The Labute approximate surface area is 160 Å². The fourth-order valence-corrected chi connectivity index (χ4v) is 5.45. The highest BCUT2D eigenvalue weighted by Gasteiger charge is 2.32. The van der Waals surface area contributed by atoms with Crippen molar-refractivity contribution in [3.8, 4) is 5.75 Å². The molecule has 1 fully saturated rings. The van der Waals surface area contributed by atoms with Gasteiger partial charge in [-0.3, -0.25) is 4.31 Å². The van der Waals surface area contributed by atoms with Gasteiger partial charge in [0.25, 0.3) is 10.0 Å². The molecule has 27 heavy (non-hydrogen) atoms. The number of ether oxygens (including phenoxy) is 1. The number of aliphatic hydroxyl groups excluding tert-OH is 1. The van der Waals surface area contributed by atoms with E-state index in [0.717, 1.165) is 18.4 Å². The Hall–Kier alpha value is -2.05. The number of fused-ring (bicyclic) bond motifs is 1. The van der Waals surface area contributed by atoms with E-state index in [1.54, 1.807) is 30.3 Å². The number of aliphatic hydroxyl groups is 1. The number of rotatable bonds is 4. The monoisotopic (exact) mass is 387 g/mol. The Morgan fingerprint density at radius 2 is 1.74 bits per heavy atom. The summed E-state index contributed by atoms with van der Waals surface area (Å²) >= 11 is 0. The first kappa shape index (κ1) is 18.3. The first-order valence-corrected chi connectivity index (χ1v) is 11.0. The summed E-state index contributed by atoms with van der Waals surface area (Å²) in [5.41, 5.74) is 2.23. The summed E-state index contributed by atoms with van der Waals surface area (Å²) < 4.78 is 33.7. The van der Waals surface area contributed by atoms with Crippen LogP contribution in [0.25, 0.3) is 0 Å². The Morgan fingerprint density at radius 1 is 1.04 bits per heavy atom. The van der Waals surface area contributed by atoms with E-state index in [1.807, 2.05) is 19.1 Å². The van der Waals surface area contributed by atoms with Crippen LogP contribution < -0.4 is 9.04 Å². The zero-order chi connectivity index (χ0) is 19.0. The van der Waals surface area contributed by atoms with Gasteiger partial charge in [0.05, 0.1) is 22.8 Å². The SMILES string of the molecule is Cc1ccc2c(c1)C(O)CCN2S(=O)(=O)c1ccc(OC2CCCC2)cc1. The van der Waals surface area contributed by atoms with Crippen LogP contribution in [0.2, 0.25) is 0 Å². The second kappa shape index (κ2) is 7.17. The molecular weight excluding hydrogens is 362 g/mol. The van der Waals surface area contributed by atoms with Crippen LogP contribution in [0, 0.1) is 6.92 Å². The minimum Gasteiger partial charge on any atom is -0.490 e. The summed E-state index contributed by atoms with van der Waals surface area (Å²) in [4.78, 5) is 0.240. The molecule has 1 aliphatic heterocycles. The molecule has 2 aliphatic rings. The molecule has 0 bridgehead atoms. The van der Waals surface area contributed by atoms with Crippen molar-refractivity contribution in [3.63, 3.8) is 0 Å². The van der Waals surface area contributed by atoms with Gasteiger partial charge in [0.15, 0.2) is 0 Å². The highest BCUT2D eigenvalue weighted by atomic mass is 32.2. The van der Waals surface area contributed by atoms with Crippen LogP contribution in [-0.4, -0.2) is 26.2 Å². The molecular formula is C21H25NO4S. The summed E-state index contributed by atoms with van der Waals surface area (Å²) in [5, 5.41) is 10.3. The van der Waals surface area contributed by atoms with Crippen molar-refractivity contribution in [1.82, 2.24) is 0 Å². The van der Waals surface area contributed by atoms with Crippen LogP contribution in [0.15, 0.2) is 47.4 Å². The highest BCUT2D eigenvalue weighted by molar-refractivity contribution is 7.92. The second-order valence-electron chi connectivity index (χ2n) is 7.44. The molecule has 1 unspecified atom stereocenters. The van der Waals surface area contributed by atoms with Crippen LogP contribution in [0.3, 0.4) is 0 Å². The largest absolute Gasteiger partial charge is 0.490 e. The zero-order valence-corrected chi connectivity index (χ0v) is 16.3. The standard InChI is InChI=1S/C21H25NO4S/c1-15-6-11-20-19(14-15)21(23)12-13-22(20)27(24,25)18-9-7-17(8-10-18)26-16-4-2-3-5-16/h6-11,14,16,21,23H,2-5,12-13H2,1H3. The molecule has 5 nitrogen and oxygen atoms in total. The summed E-state index contributed by atoms with van der Waals surface area (Å²) in [5.74, 6) is 0.714. The lowest BCUT2D eigenvalue weighted by Gasteiger charge is -2.33. The van der Waals surface area contributed by atoms with Gasteiger partial charge >= 0.3 is 0 Å². The lowest BCUT2D eigenvalue weighted by atomic mass is 9.99. The van der Waals surface area contributed by atoms with Gasteiger partial charge in [0.1, 0.15) is 5.75 Å². The van der Waals surface area contributed by atoms with Crippen molar-refractivity contribution in [1.29, 1.82) is 0 Å². The number of hydrogen-bond donors (Lipinski definition) is 1. The molecule has 144 valence electrons. The summed E-state index contributed by atoms with van der Waals surface area (Å²) in [6, 6.07) is 12.2. The van der Waals surface area contributed by atoms with Crippen LogP contribution in [0.1, 0.15) is 49.3 Å². The molecule has 2 aromatic carbocycles. The van der Waals surface area contributed by atoms with E-state index < -0.39 is 16.1 Å². The molecule has 0 spiro atoms. The van der Waals surface area contributed by atoms with Crippen LogP contribution >= 0.6 is 0 Å². The molecule has 1 aliphatic carbocycles. The lowest BCUT2D eigenvalue weighted by Crippen LogP contribution is -2.36. The van der Waals surface area contributed by atoms with Gasteiger partial charge in [-0.1, -0.05) is 17.7 Å². The van der Waals surface area contributed by atoms with Crippen molar-refractivity contribution in [3.05, 3.63) is 53.6 Å². The second-order valence-corrected chi connectivity index (χ2v) is 9.30. The van der Waals surface area contributed by atoms with Gasteiger partial charge in [-0.25, -0.2) is 8.42 Å². The van der Waals surface area contributed by atoms with Crippen molar-refractivity contribution in [2.24, 2.45) is 0 Å². The average molecular weight is 388 g/mol. The lowest BCUT2D eigenvalue weighted by molar-refractivity contribution is 0.166. The molecule has 0 aromatic heterocycles. The predicted octanol–water partition coefficient (Wildman–Crippen LogP) is 3.95. The number of anilines is 1. The Morgan fingerprint density at radius 3 is 2.44 bits per heavy atom. The van der Waals surface area contributed by atoms with Crippen molar-refractivity contribution >= 4 is 15.7 Å². The van der Waals surface area contributed by atoms with Crippen molar-refractivity contribution in [2.75, 3.05) is 10.8 Å². The minimum absolute atomic E-state index is 0.240. The molecule has 1 N–H and O–H groups in total. The summed E-state index contributed by atoms with van der Waals surface area (Å²) in [6.45, 7) is 2.20. The molecule has 1 saturated carbocycles. The van der Waals surface area contributed by atoms with Crippen molar-refractivity contribution in [2.45, 2.75) is 56.1 Å². The van der Waals surface area contributed by atoms with Gasteiger partial charge in [-0.05, 0) is 69.4 Å². The van der Waals surface area contributed by atoms with Crippen LogP contribution in [0.4, 0.5) is 5.69 Å². The maximum atomic E-state index is 13.2. The number of aryl methyl sites for hydroxylation is 1. The number of sulfonamides is 1. The molecule has 4 rings (SSSR count). The van der Waals surface area contributed by atoms with Gasteiger partial charge in [0, 0.05) is 12.1 Å². The number of benzene rings is 2. The molecule has 0 saturated heterocycles. The smallest absolute Gasteiger partial charge is 0.264 e. The van der Waals surface area contributed by atoms with E-state index in [-0.39, 0.29) is 17.5 Å². The van der Waals surface area contributed by atoms with E-state index in [4.69, 9.17) is 4.74 Å². The fourth-order valence-electron chi connectivity index (χ4n) is 3.95. The average Bonchev–Trinajstić information content (AvgIpc) is 3.16. The Bertz CT molecular complexity index is 918. The van der Waals surface area contributed by atoms with Crippen LogP contribution in [-0.2, 0) is 10.0 Å². The highest BCUT2D eigenvalue weighted by Crippen LogP contribution is 2.37. The third-order valence-corrected chi connectivity index (χ3v) is 7.26. The Kier molecular flexibility index (Phi) is 4.86. The normalized spacial score (nSPS) is 20.5. The zero-order valence-electron chi connectivity index (χ0n) is 15.5. The van der Waals surface area contributed by atoms with E-state index in [0.29, 0.717) is 23.4 Å². The van der Waals surface area contributed by atoms with Gasteiger partial charge < -0.3 is 9.84 Å². The van der Waals surface area contributed by atoms with E-state index in [9.17, 15) is 13.5 Å². The topological polar surface area (TPSA) is 66.8 Å². The van der Waals surface area contributed by atoms with Crippen molar-refractivity contribution < 1.29 is 18.3 Å². The maximum absolute atomic E-state index is 13.2. The van der Waals surface area contributed by atoms with E-state index in [1.165, 1.54) is 17.1 Å². The minimum atomic E-state index is -3.69. The number of hydrogen-bond acceptors (Lipinski definition) is 4. The van der Waals surface area contributed by atoms with E-state index in [2.05, 4.69) is 0 Å². The Balaban J connectivity index is 1.61. The van der Waals surface area contributed by atoms with Gasteiger partial charge in [-0.2, -0.15) is 0 Å². The summed E-state index contributed by atoms with van der Waals surface area (Å²) in [6.07, 6.45) is 4.50. The van der Waals surface area contributed by atoms with Gasteiger partial charge in [-0.15, -0.1) is 0 Å².